The first-order valence-corrected chi connectivity index (χ1v) is 11.3. The van der Waals surface area contributed by atoms with Crippen molar-refractivity contribution in [3.8, 4) is 21.8 Å². The SMILES string of the molecule is C=CCOC(=O)Nc1cccc(-c2nc(C3CCNCC3)sc2-c2ccnc(Cl)n2)c1F. The number of nitrogens with zero attached hydrogens (tertiary/aromatic N) is 3. The molecule has 166 valence electrons. The maximum Gasteiger partial charge on any atom is 0.412 e. The highest BCUT2D eigenvalue weighted by molar-refractivity contribution is 7.15. The summed E-state index contributed by atoms with van der Waals surface area (Å²) < 4.78 is 20.4. The summed E-state index contributed by atoms with van der Waals surface area (Å²) in [5.74, 6) is -0.323. The molecule has 3 heterocycles. The Morgan fingerprint density at radius 1 is 1.34 bits per heavy atom. The third kappa shape index (κ3) is 4.95. The number of halogens is 2. The van der Waals surface area contributed by atoms with E-state index < -0.39 is 11.9 Å². The van der Waals surface area contributed by atoms with Gasteiger partial charge in [0.1, 0.15) is 6.61 Å². The first-order valence-electron chi connectivity index (χ1n) is 10.1. The predicted molar refractivity (Wildman–Crippen MR) is 124 cm³/mol. The second-order valence-corrected chi connectivity index (χ2v) is 8.51. The van der Waals surface area contributed by atoms with Gasteiger partial charge in [0.15, 0.2) is 5.82 Å². The maximum atomic E-state index is 15.5. The number of hydrogen-bond acceptors (Lipinski definition) is 7. The molecule has 0 atom stereocenters. The van der Waals surface area contributed by atoms with E-state index >= 15 is 4.39 Å². The molecule has 0 bridgehead atoms. The van der Waals surface area contributed by atoms with E-state index in [1.165, 1.54) is 23.5 Å². The fourth-order valence-corrected chi connectivity index (χ4v) is 4.86. The number of rotatable bonds is 6. The van der Waals surface area contributed by atoms with Gasteiger partial charge < -0.3 is 10.1 Å². The van der Waals surface area contributed by atoms with Crippen LogP contribution in [0.2, 0.25) is 5.28 Å². The molecule has 2 N–H and O–H groups in total. The summed E-state index contributed by atoms with van der Waals surface area (Å²) in [5, 5.41) is 6.81. The lowest BCUT2D eigenvalue weighted by atomic mass is 9.99. The zero-order valence-corrected chi connectivity index (χ0v) is 18.7. The van der Waals surface area contributed by atoms with Gasteiger partial charge in [-0.25, -0.2) is 24.1 Å². The lowest BCUT2D eigenvalue weighted by Gasteiger charge is -2.20. The molecular weight excluding hydrogens is 453 g/mol. The molecule has 10 heteroatoms. The van der Waals surface area contributed by atoms with Crippen molar-refractivity contribution >= 4 is 34.7 Å². The maximum absolute atomic E-state index is 15.5. The van der Waals surface area contributed by atoms with Gasteiger partial charge in [-0.05, 0) is 55.7 Å². The summed E-state index contributed by atoms with van der Waals surface area (Å²) in [6, 6.07) is 6.47. The number of anilines is 1. The molecule has 0 aliphatic carbocycles. The van der Waals surface area contributed by atoms with Crippen molar-refractivity contribution < 1.29 is 13.9 Å². The van der Waals surface area contributed by atoms with Gasteiger partial charge in [0, 0.05) is 17.7 Å². The molecule has 2 aromatic heterocycles. The second kappa shape index (κ2) is 10.2. The number of carbonyl (C=O) groups is 1. The molecule has 7 nitrogen and oxygen atoms in total. The number of hydrogen-bond donors (Lipinski definition) is 2. The number of ether oxygens (including phenoxy) is 1. The van der Waals surface area contributed by atoms with Crippen molar-refractivity contribution in [2.45, 2.75) is 18.8 Å². The molecule has 0 spiro atoms. The van der Waals surface area contributed by atoms with E-state index in [1.54, 1.807) is 24.4 Å². The summed E-state index contributed by atoms with van der Waals surface area (Å²) in [5.41, 5.74) is 1.28. The van der Waals surface area contributed by atoms with E-state index in [-0.39, 0.29) is 29.1 Å². The van der Waals surface area contributed by atoms with E-state index in [0.717, 1.165) is 30.9 Å². The molecule has 0 saturated carbocycles. The van der Waals surface area contributed by atoms with Gasteiger partial charge in [-0.3, -0.25) is 5.32 Å². The van der Waals surface area contributed by atoms with Crippen LogP contribution in [0.15, 0.2) is 43.1 Å². The molecule has 1 saturated heterocycles. The lowest BCUT2D eigenvalue weighted by Crippen LogP contribution is -2.26. The van der Waals surface area contributed by atoms with Crippen molar-refractivity contribution in [3.63, 3.8) is 0 Å². The van der Waals surface area contributed by atoms with Crippen LogP contribution in [0.3, 0.4) is 0 Å². The highest BCUT2D eigenvalue weighted by Crippen LogP contribution is 2.42. The standard InChI is InChI=1S/C22H21ClFN5O2S/c1-2-12-31-22(30)28-15-5-3-4-14(17(15)24)18-19(16-8-11-26-21(23)27-16)32-20(29-18)13-6-9-25-10-7-13/h2-5,8,11,13,25H,1,6-7,9-10,12H2,(H,28,30). The lowest BCUT2D eigenvalue weighted by molar-refractivity contribution is 0.174. The number of nitrogens with one attached hydrogen (secondary N) is 2. The Hall–Kier alpha value is -2.88. The largest absolute Gasteiger partial charge is 0.445 e. The zero-order chi connectivity index (χ0) is 22.5. The van der Waals surface area contributed by atoms with Crippen LogP contribution >= 0.6 is 22.9 Å². The molecule has 1 aromatic carbocycles. The molecular formula is C22H21ClFN5O2S. The summed E-state index contributed by atoms with van der Waals surface area (Å²) >= 11 is 7.50. The predicted octanol–water partition coefficient (Wildman–Crippen LogP) is 5.26. The van der Waals surface area contributed by atoms with Crippen molar-refractivity contribution in [2.24, 2.45) is 0 Å². The number of carbonyl (C=O) groups excluding carboxylic acids is 1. The van der Waals surface area contributed by atoms with Gasteiger partial charge in [-0.1, -0.05) is 18.7 Å². The summed E-state index contributed by atoms with van der Waals surface area (Å²) in [4.78, 5) is 25.7. The molecule has 1 amide bonds. The number of benzene rings is 1. The smallest absolute Gasteiger partial charge is 0.412 e. The van der Waals surface area contributed by atoms with Gasteiger partial charge in [-0.15, -0.1) is 11.3 Å². The highest BCUT2D eigenvalue weighted by atomic mass is 35.5. The molecule has 1 aliphatic rings. The Morgan fingerprint density at radius 2 is 2.16 bits per heavy atom. The third-order valence-corrected chi connectivity index (χ3v) is 6.44. The fraction of sp³-hybridized carbons (Fsp3) is 0.273. The second-order valence-electron chi connectivity index (χ2n) is 7.14. The summed E-state index contributed by atoms with van der Waals surface area (Å²) in [7, 11) is 0. The van der Waals surface area contributed by atoms with E-state index in [4.69, 9.17) is 21.3 Å². The van der Waals surface area contributed by atoms with Crippen molar-refractivity contribution in [1.82, 2.24) is 20.3 Å². The summed E-state index contributed by atoms with van der Waals surface area (Å²) in [6.45, 7) is 5.33. The molecule has 1 aliphatic heterocycles. The van der Waals surface area contributed by atoms with Crippen LogP contribution in [0.1, 0.15) is 23.8 Å². The van der Waals surface area contributed by atoms with Gasteiger partial charge in [0.25, 0.3) is 0 Å². The molecule has 3 aromatic rings. The highest BCUT2D eigenvalue weighted by Gasteiger charge is 2.25. The minimum atomic E-state index is -0.766. The van der Waals surface area contributed by atoms with E-state index in [0.29, 0.717) is 16.3 Å². The number of piperidine rings is 1. The van der Waals surface area contributed by atoms with Crippen molar-refractivity contribution in [3.05, 3.63) is 59.2 Å². The molecule has 32 heavy (non-hydrogen) atoms. The van der Waals surface area contributed by atoms with Crippen LogP contribution in [-0.2, 0) is 4.74 Å². The van der Waals surface area contributed by atoms with Gasteiger partial charge in [-0.2, -0.15) is 0 Å². The van der Waals surface area contributed by atoms with Crippen LogP contribution in [0.4, 0.5) is 14.9 Å². The van der Waals surface area contributed by atoms with Crippen molar-refractivity contribution in [2.75, 3.05) is 25.0 Å². The Balaban J connectivity index is 1.76. The monoisotopic (exact) mass is 473 g/mol. The van der Waals surface area contributed by atoms with Crippen LogP contribution in [0, 0.1) is 5.82 Å². The average Bonchev–Trinajstić information content (AvgIpc) is 3.25. The summed E-state index contributed by atoms with van der Waals surface area (Å²) in [6.07, 6.45) is 4.13. The molecule has 0 radical (unpaired) electrons. The van der Waals surface area contributed by atoms with Gasteiger partial charge in [0.2, 0.25) is 5.28 Å². The number of amides is 1. The van der Waals surface area contributed by atoms with Crippen LogP contribution < -0.4 is 10.6 Å². The van der Waals surface area contributed by atoms with Gasteiger partial charge >= 0.3 is 6.09 Å². The first-order chi connectivity index (χ1) is 15.6. The zero-order valence-electron chi connectivity index (χ0n) is 17.1. The number of thiazole rings is 1. The molecule has 0 unspecified atom stereocenters. The fourth-order valence-electron chi connectivity index (χ4n) is 3.49. The Morgan fingerprint density at radius 3 is 2.91 bits per heavy atom. The van der Waals surface area contributed by atoms with E-state index in [2.05, 4.69) is 27.2 Å². The minimum Gasteiger partial charge on any atom is -0.445 e. The van der Waals surface area contributed by atoms with Crippen LogP contribution in [0.5, 0.6) is 0 Å². The topological polar surface area (TPSA) is 89.0 Å². The number of aromatic nitrogens is 3. The average molecular weight is 474 g/mol. The first kappa shape index (κ1) is 22.3. The Kier molecular flexibility index (Phi) is 7.09. The molecule has 4 rings (SSSR count). The molecule has 1 fully saturated rings. The Labute approximate surface area is 193 Å². The minimum absolute atomic E-state index is 0.000325. The van der Waals surface area contributed by atoms with Crippen LogP contribution in [0.25, 0.3) is 21.8 Å². The quantitative estimate of drug-likeness (QED) is 0.375. The van der Waals surface area contributed by atoms with Crippen LogP contribution in [-0.4, -0.2) is 40.7 Å². The van der Waals surface area contributed by atoms with E-state index in [9.17, 15) is 4.79 Å². The van der Waals surface area contributed by atoms with Gasteiger partial charge in [0.05, 0.1) is 27.0 Å². The van der Waals surface area contributed by atoms with Crippen molar-refractivity contribution in [1.29, 1.82) is 0 Å². The normalized spacial score (nSPS) is 14.2. The Bertz CT molecular complexity index is 1130. The third-order valence-electron chi connectivity index (χ3n) is 5.01. The van der Waals surface area contributed by atoms with E-state index in [1.807, 2.05) is 0 Å².